The molecule has 0 aliphatic heterocycles. The lowest BCUT2D eigenvalue weighted by atomic mass is 10.2. The third kappa shape index (κ3) is 4.73. The molecule has 2 N–H and O–H groups in total. The van der Waals surface area contributed by atoms with Crippen LogP contribution in [0, 0.1) is 0 Å². The van der Waals surface area contributed by atoms with Crippen molar-refractivity contribution in [3.8, 4) is 0 Å². The molecule has 2 amide bonds. The fourth-order valence-electron chi connectivity index (χ4n) is 2.70. The van der Waals surface area contributed by atoms with Crippen LogP contribution in [0.4, 0.5) is 11.4 Å². The fraction of sp³-hybridized carbons (Fsp3) is 0.136. The minimum atomic E-state index is -0.474. The molecule has 0 aliphatic rings. The van der Waals surface area contributed by atoms with Gasteiger partial charge in [-0.15, -0.1) is 0 Å². The normalized spacial score (nSPS) is 10.3. The van der Waals surface area contributed by atoms with Crippen molar-refractivity contribution in [2.75, 3.05) is 10.6 Å². The molecule has 0 saturated heterocycles. The average molecular weight is 375 g/mol. The first-order chi connectivity index (χ1) is 13.6. The molecule has 0 aliphatic carbocycles. The number of anilines is 2. The number of carbonyl (C=O) groups excluding carboxylic acids is 2. The Morgan fingerprint density at radius 2 is 1.50 bits per heavy atom. The number of nitrogens with one attached hydrogen (secondary N) is 2. The zero-order valence-corrected chi connectivity index (χ0v) is 15.5. The van der Waals surface area contributed by atoms with E-state index in [4.69, 9.17) is 0 Å². The summed E-state index contributed by atoms with van der Waals surface area (Å²) in [6.45, 7) is 2.17. The number of nitrogens with zero attached hydrogens (tertiary/aromatic N) is 1. The van der Waals surface area contributed by atoms with Crippen molar-refractivity contribution in [1.82, 2.24) is 4.57 Å². The van der Waals surface area contributed by atoms with Gasteiger partial charge in [-0.1, -0.05) is 37.3 Å². The molecule has 0 atom stereocenters. The maximum absolute atomic E-state index is 12.7. The zero-order valence-electron chi connectivity index (χ0n) is 15.5. The SMILES string of the molecule is CCC(=O)Nc1ccc(NC(=O)c2cccn(Cc3ccccc3)c2=O)cc1. The van der Waals surface area contributed by atoms with Crippen molar-refractivity contribution in [2.45, 2.75) is 19.9 Å². The van der Waals surface area contributed by atoms with E-state index in [-0.39, 0.29) is 17.0 Å². The highest BCUT2D eigenvalue weighted by molar-refractivity contribution is 6.04. The summed E-state index contributed by atoms with van der Waals surface area (Å²) < 4.78 is 1.51. The van der Waals surface area contributed by atoms with Crippen molar-refractivity contribution in [1.29, 1.82) is 0 Å². The van der Waals surface area contributed by atoms with E-state index < -0.39 is 5.91 Å². The first kappa shape index (κ1) is 19.1. The van der Waals surface area contributed by atoms with E-state index in [1.54, 1.807) is 43.5 Å². The lowest BCUT2D eigenvalue weighted by molar-refractivity contribution is -0.115. The fourth-order valence-corrected chi connectivity index (χ4v) is 2.70. The average Bonchev–Trinajstić information content (AvgIpc) is 2.71. The van der Waals surface area contributed by atoms with Crippen LogP contribution in [0.3, 0.4) is 0 Å². The van der Waals surface area contributed by atoms with Crippen LogP contribution in [-0.2, 0) is 11.3 Å². The van der Waals surface area contributed by atoms with Gasteiger partial charge in [-0.05, 0) is 42.0 Å². The number of benzene rings is 2. The molecular weight excluding hydrogens is 354 g/mol. The van der Waals surface area contributed by atoms with E-state index >= 15 is 0 Å². The summed E-state index contributed by atoms with van der Waals surface area (Å²) in [4.78, 5) is 36.6. The van der Waals surface area contributed by atoms with E-state index in [9.17, 15) is 14.4 Å². The van der Waals surface area contributed by atoms with Gasteiger partial charge in [0.25, 0.3) is 11.5 Å². The van der Waals surface area contributed by atoms with Crippen molar-refractivity contribution >= 4 is 23.2 Å². The smallest absolute Gasteiger partial charge is 0.263 e. The van der Waals surface area contributed by atoms with Crippen molar-refractivity contribution < 1.29 is 9.59 Å². The standard InChI is InChI=1S/C22H21N3O3/c1-2-20(26)23-17-10-12-18(13-11-17)24-21(27)19-9-6-14-25(22(19)28)15-16-7-4-3-5-8-16/h3-14H,2,15H2,1H3,(H,23,26)(H,24,27). The first-order valence-electron chi connectivity index (χ1n) is 9.01. The second-order valence-electron chi connectivity index (χ2n) is 6.27. The van der Waals surface area contributed by atoms with Crippen LogP contribution in [0.15, 0.2) is 77.7 Å². The highest BCUT2D eigenvalue weighted by Gasteiger charge is 2.13. The van der Waals surface area contributed by atoms with Gasteiger partial charge < -0.3 is 15.2 Å². The molecule has 0 radical (unpaired) electrons. The molecule has 1 heterocycles. The quantitative estimate of drug-likeness (QED) is 0.692. The van der Waals surface area contributed by atoms with Gasteiger partial charge in [0.1, 0.15) is 5.56 Å². The highest BCUT2D eigenvalue weighted by atomic mass is 16.2. The Kier molecular flexibility index (Phi) is 6.01. The third-order valence-electron chi connectivity index (χ3n) is 4.21. The molecule has 0 saturated carbocycles. The number of amides is 2. The topological polar surface area (TPSA) is 80.2 Å². The Morgan fingerprint density at radius 3 is 2.14 bits per heavy atom. The molecule has 0 spiro atoms. The van der Waals surface area contributed by atoms with Gasteiger partial charge in [-0.25, -0.2) is 0 Å². The summed E-state index contributed by atoms with van der Waals surface area (Å²) in [5.74, 6) is -0.558. The van der Waals surface area contributed by atoms with Crippen LogP contribution in [0.25, 0.3) is 0 Å². The number of hydrogen-bond acceptors (Lipinski definition) is 3. The Hall–Kier alpha value is -3.67. The molecular formula is C22H21N3O3. The lowest BCUT2D eigenvalue weighted by Crippen LogP contribution is -2.29. The van der Waals surface area contributed by atoms with Crippen molar-refractivity contribution in [2.24, 2.45) is 0 Å². The lowest BCUT2D eigenvalue weighted by Gasteiger charge is -2.10. The molecule has 0 bridgehead atoms. The summed E-state index contributed by atoms with van der Waals surface area (Å²) in [6.07, 6.45) is 2.05. The predicted octanol–water partition coefficient (Wildman–Crippen LogP) is 3.50. The predicted molar refractivity (Wildman–Crippen MR) is 110 cm³/mol. The molecule has 1 aromatic heterocycles. The van der Waals surface area contributed by atoms with Gasteiger partial charge in [-0.2, -0.15) is 0 Å². The van der Waals surface area contributed by atoms with E-state index in [0.29, 0.717) is 24.3 Å². The summed E-state index contributed by atoms with van der Waals surface area (Å²) >= 11 is 0. The van der Waals surface area contributed by atoms with E-state index in [1.807, 2.05) is 30.3 Å². The largest absolute Gasteiger partial charge is 0.326 e. The number of pyridine rings is 1. The van der Waals surface area contributed by atoms with Crippen molar-refractivity contribution in [3.63, 3.8) is 0 Å². The summed E-state index contributed by atoms with van der Waals surface area (Å²) in [6, 6.07) is 19.5. The maximum atomic E-state index is 12.7. The number of rotatable bonds is 6. The molecule has 28 heavy (non-hydrogen) atoms. The molecule has 3 aromatic rings. The number of carbonyl (C=O) groups is 2. The Balaban J connectivity index is 1.73. The summed E-state index contributed by atoms with van der Waals surface area (Å²) in [5.41, 5.74) is 1.89. The Labute approximate surface area is 162 Å². The molecule has 0 fully saturated rings. The summed E-state index contributed by atoms with van der Waals surface area (Å²) in [5, 5.41) is 5.46. The van der Waals surface area contributed by atoms with E-state index in [2.05, 4.69) is 10.6 Å². The number of hydrogen-bond donors (Lipinski definition) is 2. The molecule has 3 rings (SSSR count). The van der Waals surface area contributed by atoms with Gasteiger partial charge in [0.15, 0.2) is 0 Å². The third-order valence-corrected chi connectivity index (χ3v) is 4.21. The van der Waals surface area contributed by atoms with Crippen LogP contribution < -0.4 is 16.2 Å². The molecule has 0 unspecified atom stereocenters. The van der Waals surface area contributed by atoms with Crippen LogP contribution in [0.5, 0.6) is 0 Å². The van der Waals surface area contributed by atoms with Gasteiger partial charge in [0.2, 0.25) is 5.91 Å². The van der Waals surface area contributed by atoms with Crippen LogP contribution in [0.2, 0.25) is 0 Å². The van der Waals surface area contributed by atoms with Crippen LogP contribution >= 0.6 is 0 Å². The van der Waals surface area contributed by atoms with E-state index in [1.165, 1.54) is 10.6 Å². The monoisotopic (exact) mass is 375 g/mol. The van der Waals surface area contributed by atoms with Gasteiger partial charge in [0, 0.05) is 24.0 Å². The Bertz CT molecular complexity index is 1020. The molecule has 142 valence electrons. The molecule has 6 nitrogen and oxygen atoms in total. The van der Waals surface area contributed by atoms with Crippen LogP contribution in [0.1, 0.15) is 29.3 Å². The molecule has 2 aromatic carbocycles. The van der Waals surface area contributed by atoms with Crippen LogP contribution in [-0.4, -0.2) is 16.4 Å². The molecule has 6 heteroatoms. The summed E-state index contributed by atoms with van der Waals surface area (Å²) in [7, 11) is 0. The van der Waals surface area contributed by atoms with Gasteiger partial charge in [-0.3, -0.25) is 14.4 Å². The van der Waals surface area contributed by atoms with Crippen molar-refractivity contribution in [3.05, 3.63) is 94.4 Å². The zero-order chi connectivity index (χ0) is 19.9. The van der Waals surface area contributed by atoms with E-state index in [0.717, 1.165) is 5.56 Å². The number of aromatic nitrogens is 1. The first-order valence-corrected chi connectivity index (χ1v) is 9.01. The highest BCUT2D eigenvalue weighted by Crippen LogP contribution is 2.14. The Morgan fingerprint density at radius 1 is 0.857 bits per heavy atom. The minimum absolute atomic E-state index is 0.0711. The second kappa shape index (κ2) is 8.81. The minimum Gasteiger partial charge on any atom is -0.326 e. The van der Waals surface area contributed by atoms with Gasteiger partial charge in [0.05, 0.1) is 6.54 Å². The maximum Gasteiger partial charge on any atom is 0.263 e. The second-order valence-corrected chi connectivity index (χ2v) is 6.27. The van der Waals surface area contributed by atoms with Gasteiger partial charge >= 0.3 is 0 Å².